The van der Waals surface area contributed by atoms with Crippen molar-refractivity contribution in [3.05, 3.63) is 54.6 Å². The summed E-state index contributed by atoms with van der Waals surface area (Å²) in [5.41, 5.74) is 1.62. The molecule has 2 amide bonds. The maximum absolute atomic E-state index is 12.8. The molecule has 2 aromatic rings. The van der Waals surface area contributed by atoms with E-state index in [1.165, 1.54) is 17.0 Å². The quantitative estimate of drug-likeness (QED) is 0.854. The third-order valence-corrected chi connectivity index (χ3v) is 5.72. The fourth-order valence-corrected chi connectivity index (χ4v) is 4.24. The number of hydrogen-bond donors (Lipinski definition) is 2. The summed E-state index contributed by atoms with van der Waals surface area (Å²) >= 11 is 0. The molecule has 2 aliphatic heterocycles. The zero-order valence-electron chi connectivity index (χ0n) is 13.4. The third kappa shape index (κ3) is 2.73. The first-order valence-corrected chi connectivity index (χ1v) is 9.56. The van der Waals surface area contributed by atoms with E-state index < -0.39 is 16.1 Å². The summed E-state index contributed by atoms with van der Waals surface area (Å²) in [7, 11) is -3.92. The van der Waals surface area contributed by atoms with Crippen LogP contribution in [0.1, 0.15) is 6.42 Å². The number of carbonyl (C=O) groups excluding carboxylic acids is 1. The normalized spacial score (nSPS) is 19.3. The van der Waals surface area contributed by atoms with Gasteiger partial charge in [0.2, 0.25) is 0 Å². The molecule has 2 N–H and O–H groups in total. The van der Waals surface area contributed by atoms with Crippen LogP contribution < -0.4 is 19.8 Å². The van der Waals surface area contributed by atoms with E-state index in [2.05, 4.69) is 14.9 Å². The van der Waals surface area contributed by atoms with Gasteiger partial charge >= 0.3 is 6.03 Å². The molecule has 0 saturated carbocycles. The zero-order valence-corrected chi connectivity index (χ0v) is 14.2. The van der Waals surface area contributed by atoms with Crippen molar-refractivity contribution in [1.29, 1.82) is 0 Å². The number of sulfonamides is 1. The molecule has 130 valence electrons. The molecule has 4 rings (SSSR count). The molecule has 1 saturated heterocycles. The van der Waals surface area contributed by atoms with Gasteiger partial charge in [-0.25, -0.2) is 17.9 Å². The Balaban J connectivity index is 1.66. The maximum Gasteiger partial charge on any atom is 0.338 e. The van der Waals surface area contributed by atoms with Gasteiger partial charge in [0.1, 0.15) is 0 Å². The highest BCUT2D eigenvalue weighted by Crippen LogP contribution is 2.39. The van der Waals surface area contributed by atoms with Crippen LogP contribution in [0.25, 0.3) is 0 Å². The number of nitrogens with zero attached hydrogens (tertiary/aromatic N) is 2. The van der Waals surface area contributed by atoms with Crippen molar-refractivity contribution in [2.75, 3.05) is 22.9 Å². The average Bonchev–Trinajstić information content (AvgIpc) is 2.97. The van der Waals surface area contributed by atoms with E-state index in [0.717, 1.165) is 25.2 Å². The van der Waals surface area contributed by atoms with Gasteiger partial charge < -0.3 is 4.90 Å². The minimum absolute atomic E-state index is 0.0595. The lowest BCUT2D eigenvalue weighted by molar-refractivity contribution is 0.246. The van der Waals surface area contributed by atoms with Gasteiger partial charge in [0.25, 0.3) is 10.0 Å². The van der Waals surface area contributed by atoms with E-state index in [-0.39, 0.29) is 11.2 Å². The highest BCUT2D eigenvalue weighted by Gasteiger charge is 2.41. The van der Waals surface area contributed by atoms with Crippen LogP contribution in [0.5, 0.6) is 0 Å². The number of para-hydroxylation sites is 2. The zero-order chi connectivity index (χ0) is 17.4. The van der Waals surface area contributed by atoms with Crippen LogP contribution in [0.4, 0.5) is 16.2 Å². The number of hydrogen-bond acceptors (Lipinski definition) is 5. The van der Waals surface area contributed by atoms with Crippen molar-refractivity contribution in [3.8, 4) is 0 Å². The van der Waals surface area contributed by atoms with Crippen molar-refractivity contribution in [1.82, 2.24) is 10.0 Å². The van der Waals surface area contributed by atoms with Crippen LogP contribution in [0.3, 0.4) is 0 Å². The van der Waals surface area contributed by atoms with Crippen LogP contribution in [-0.4, -0.2) is 33.8 Å². The first kappa shape index (κ1) is 15.9. The molecule has 7 nitrogen and oxygen atoms in total. The van der Waals surface area contributed by atoms with Gasteiger partial charge in [0, 0.05) is 13.1 Å². The van der Waals surface area contributed by atoms with Crippen molar-refractivity contribution < 1.29 is 13.2 Å². The monoisotopic (exact) mass is 358 g/mol. The molecule has 8 heteroatoms. The van der Waals surface area contributed by atoms with E-state index in [1.54, 1.807) is 18.2 Å². The molecule has 0 aliphatic carbocycles. The second-order valence-corrected chi connectivity index (χ2v) is 7.64. The van der Waals surface area contributed by atoms with E-state index in [1.807, 2.05) is 24.3 Å². The van der Waals surface area contributed by atoms with Gasteiger partial charge in [-0.3, -0.25) is 10.2 Å². The topological polar surface area (TPSA) is 81.8 Å². The molecule has 2 heterocycles. The summed E-state index contributed by atoms with van der Waals surface area (Å²) in [4.78, 5) is 16.4. The van der Waals surface area contributed by atoms with Crippen LogP contribution >= 0.6 is 0 Å². The number of carbonyl (C=O) groups is 1. The Morgan fingerprint density at radius 1 is 1.04 bits per heavy atom. The number of amides is 2. The number of benzene rings is 2. The standard InChI is InChI=1S/C17H18N4O3S/c22-17(19-25(23,24)13-7-2-1-3-8-13)21-15-10-5-4-9-14(15)20-12-6-11-18-16(20)21/h1-5,7-10,16,18H,6,11-12H2,(H,19,22). The molecule has 1 fully saturated rings. The second-order valence-electron chi connectivity index (χ2n) is 5.96. The van der Waals surface area contributed by atoms with Crippen molar-refractivity contribution >= 4 is 27.4 Å². The van der Waals surface area contributed by atoms with Crippen LogP contribution in [0.2, 0.25) is 0 Å². The maximum atomic E-state index is 12.8. The first-order chi connectivity index (χ1) is 12.1. The first-order valence-electron chi connectivity index (χ1n) is 8.08. The SMILES string of the molecule is O=C(NS(=O)(=O)c1ccccc1)N1c2ccccc2N2CCCNC21. The Morgan fingerprint density at radius 2 is 1.72 bits per heavy atom. The van der Waals surface area contributed by atoms with Crippen LogP contribution in [0, 0.1) is 0 Å². The number of fused-ring (bicyclic) bond motifs is 3. The van der Waals surface area contributed by atoms with Gasteiger partial charge in [-0.1, -0.05) is 30.3 Å². The highest BCUT2D eigenvalue weighted by atomic mass is 32.2. The number of rotatable bonds is 2. The molecule has 0 aromatic heterocycles. The van der Waals surface area contributed by atoms with Crippen molar-refractivity contribution in [3.63, 3.8) is 0 Å². The summed E-state index contributed by atoms with van der Waals surface area (Å²) < 4.78 is 27.1. The fourth-order valence-electron chi connectivity index (χ4n) is 3.28. The van der Waals surface area contributed by atoms with E-state index in [4.69, 9.17) is 0 Å². The molecule has 0 bridgehead atoms. The fraction of sp³-hybridized carbons (Fsp3) is 0.235. The molecule has 2 aliphatic rings. The molecule has 0 spiro atoms. The van der Waals surface area contributed by atoms with Crippen molar-refractivity contribution in [2.24, 2.45) is 0 Å². The van der Waals surface area contributed by atoms with E-state index >= 15 is 0 Å². The van der Waals surface area contributed by atoms with Gasteiger partial charge in [-0.2, -0.15) is 0 Å². The lowest BCUT2D eigenvalue weighted by Gasteiger charge is -2.36. The Bertz CT molecular complexity index is 901. The molecular weight excluding hydrogens is 340 g/mol. The third-order valence-electron chi connectivity index (χ3n) is 4.39. The minimum atomic E-state index is -3.92. The number of urea groups is 1. The largest absolute Gasteiger partial charge is 0.338 e. The predicted octanol–water partition coefficient (Wildman–Crippen LogP) is 1.69. The molecule has 2 aromatic carbocycles. The Labute approximate surface area is 146 Å². The number of nitrogens with one attached hydrogen (secondary N) is 2. The van der Waals surface area contributed by atoms with E-state index in [0.29, 0.717) is 5.69 Å². The summed E-state index contributed by atoms with van der Waals surface area (Å²) in [6, 6.07) is 14.7. The molecule has 25 heavy (non-hydrogen) atoms. The Hall–Kier alpha value is -2.58. The Morgan fingerprint density at radius 3 is 2.48 bits per heavy atom. The smallest absolute Gasteiger partial charge is 0.337 e. The molecule has 1 unspecified atom stereocenters. The van der Waals surface area contributed by atoms with Gasteiger partial charge in [0.15, 0.2) is 6.29 Å². The average molecular weight is 358 g/mol. The summed E-state index contributed by atoms with van der Waals surface area (Å²) in [6.45, 7) is 1.58. The van der Waals surface area contributed by atoms with Crippen molar-refractivity contribution in [2.45, 2.75) is 17.6 Å². The number of anilines is 2. The predicted molar refractivity (Wildman–Crippen MR) is 94.8 cm³/mol. The summed E-state index contributed by atoms with van der Waals surface area (Å²) in [6.07, 6.45) is 0.583. The van der Waals surface area contributed by atoms with Gasteiger partial charge in [-0.15, -0.1) is 0 Å². The lowest BCUT2D eigenvalue weighted by Crippen LogP contribution is -2.60. The lowest BCUT2D eigenvalue weighted by atomic mass is 10.2. The summed E-state index contributed by atoms with van der Waals surface area (Å²) in [5.74, 6) is 0. The van der Waals surface area contributed by atoms with Gasteiger partial charge in [-0.05, 0) is 30.7 Å². The van der Waals surface area contributed by atoms with Gasteiger partial charge in [0.05, 0.1) is 16.3 Å². The van der Waals surface area contributed by atoms with Crippen LogP contribution in [0.15, 0.2) is 59.5 Å². The molecule has 0 radical (unpaired) electrons. The second kappa shape index (κ2) is 6.05. The van der Waals surface area contributed by atoms with E-state index in [9.17, 15) is 13.2 Å². The highest BCUT2D eigenvalue weighted by molar-refractivity contribution is 7.90. The van der Waals surface area contributed by atoms with Crippen LogP contribution in [-0.2, 0) is 10.0 Å². The summed E-state index contributed by atoms with van der Waals surface area (Å²) in [5, 5.41) is 3.28. The molecule has 1 atom stereocenters. The molecular formula is C17H18N4O3S. The minimum Gasteiger partial charge on any atom is -0.337 e. The Kier molecular flexibility index (Phi) is 3.85.